The second kappa shape index (κ2) is 6.18. The maximum absolute atomic E-state index is 12.6. The predicted molar refractivity (Wildman–Crippen MR) is 83.9 cm³/mol. The van der Waals surface area contributed by atoms with Crippen LogP contribution in [0.15, 0.2) is 30.5 Å². The van der Waals surface area contributed by atoms with Crippen LogP contribution in [-0.2, 0) is 0 Å². The van der Waals surface area contributed by atoms with E-state index in [2.05, 4.69) is 10.2 Å². The van der Waals surface area contributed by atoms with E-state index in [1.807, 2.05) is 16.7 Å². The van der Waals surface area contributed by atoms with Crippen molar-refractivity contribution in [2.24, 2.45) is 0 Å². The number of nitrogens with zero attached hydrogens (tertiary/aromatic N) is 3. The molecule has 2 aromatic rings. The summed E-state index contributed by atoms with van der Waals surface area (Å²) >= 11 is 1.84. The van der Waals surface area contributed by atoms with Crippen molar-refractivity contribution in [1.29, 1.82) is 0 Å². The topological polar surface area (TPSA) is 92.1 Å². The molecule has 1 aliphatic rings. The van der Waals surface area contributed by atoms with Gasteiger partial charge in [0.05, 0.1) is 22.4 Å². The Bertz CT molecular complexity index is 692. The summed E-state index contributed by atoms with van der Waals surface area (Å²) in [5, 5.41) is 17.5. The molecule has 0 aliphatic carbocycles. The molecule has 1 amide bonds. The predicted octanol–water partition coefficient (Wildman–Crippen LogP) is 2.17. The molecule has 1 aromatic heterocycles. The minimum atomic E-state index is -0.450. The van der Waals surface area contributed by atoms with Gasteiger partial charge in [-0.15, -0.1) is 0 Å². The summed E-state index contributed by atoms with van der Waals surface area (Å²) in [5.74, 6) is 1.83. The molecule has 0 atom stereocenters. The Balaban J connectivity index is 1.88. The maximum Gasteiger partial charge on any atom is 0.269 e. The molecule has 0 radical (unpaired) electrons. The number of hydrogen-bond acceptors (Lipinski definition) is 5. The molecule has 1 saturated heterocycles. The number of nitrogens with one attached hydrogen (secondary N) is 1. The number of carbonyl (C=O) groups is 1. The number of nitro benzene ring substituents is 1. The van der Waals surface area contributed by atoms with Crippen molar-refractivity contribution in [3.63, 3.8) is 0 Å². The van der Waals surface area contributed by atoms with E-state index in [4.69, 9.17) is 0 Å². The van der Waals surface area contributed by atoms with Crippen molar-refractivity contribution >= 4 is 23.4 Å². The lowest BCUT2D eigenvalue weighted by molar-refractivity contribution is -0.384. The van der Waals surface area contributed by atoms with Crippen LogP contribution < -0.4 is 0 Å². The molecule has 0 spiro atoms. The van der Waals surface area contributed by atoms with E-state index in [1.165, 1.54) is 18.3 Å². The summed E-state index contributed by atoms with van der Waals surface area (Å²) in [6.45, 7) is 1.46. The van der Waals surface area contributed by atoms with Crippen molar-refractivity contribution in [3.8, 4) is 11.3 Å². The zero-order valence-corrected chi connectivity index (χ0v) is 12.5. The minimum Gasteiger partial charge on any atom is -0.337 e. The van der Waals surface area contributed by atoms with Crippen LogP contribution in [0.3, 0.4) is 0 Å². The average Bonchev–Trinajstić information content (AvgIpc) is 3.04. The largest absolute Gasteiger partial charge is 0.337 e. The van der Waals surface area contributed by atoms with E-state index >= 15 is 0 Å². The van der Waals surface area contributed by atoms with Crippen LogP contribution in [-0.4, -0.2) is 50.5 Å². The highest BCUT2D eigenvalue weighted by Gasteiger charge is 2.23. The molecule has 1 N–H and O–H groups in total. The van der Waals surface area contributed by atoms with Crippen LogP contribution >= 0.6 is 11.8 Å². The van der Waals surface area contributed by atoms with E-state index in [1.54, 1.807) is 12.1 Å². The first-order valence-electron chi connectivity index (χ1n) is 6.82. The zero-order chi connectivity index (χ0) is 15.5. The number of aromatic nitrogens is 2. The van der Waals surface area contributed by atoms with Crippen LogP contribution in [0.4, 0.5) is 5.69 Å². The Labute approximate surface area is 130 Å². The number of H-pyrrole nitrogens is 1. The molecule has 1 aromatic carbocycles. The Kier molecular flexibility index (Phi) is 4.10. The number of amides is 1. The number of thioether (sulfide) groups is 1. The number of rotatable bonds is 3. The van der Waals surface area contributed by atoms with Crippen molar-refractivity contribution in [2.45, 2.75) is 0 Å². The quantitative estimate of drug-likeness (QED) is 0.691. The summed E-state index contributed by atoms with van der Waals surface area (Å²) in [7, 11) is 0. The SMILES string of the molecule is O=C(c1cn[nH]c1-c1ccc([N+](=O)[O-])cc1)N1CCSCC1. The summed E-state index contributed by atoms with van der Waals surface area (Å²) in [5.41, 5.74) is 1.82. The van der Waals surface area contributed by atoms with E-state index in [0.717, 1.165) is 24.6 Å². The molecular formula is C14H14N4O3S. The van der Waals surface area contributed by atoms with Crippen LogP contribution in [0.1, 0.15) is 10.4 Å². The fraction of sp³-hybridized carbons (Fsp3) is 0.286. The van der Waals surface area contributed by atoms with Crippen LogP contribution in [0.2, 0.25) is 0 Å². The molecule has 22 heavy (non-hydrogen) atoms. The van der Waals surface area contributed by atoms with E-state index in [9.17, 15) is 14.9 Å². The van der Waals surface area contributed by atoms with E-state index < -0.39 is 4.92 Å². The second-order valence-electron chi connectivity index (χ2n) is 4.87. The van der Waals surface area contributed by atoms with E-state index in [0.29, 0.717) is 16.8 Å². The van der Waals surface area contributed by atoms with Crippen molar-refractivity contribution < 1.29 is 9.72 Å². The van der Waals surface area contributed by atoms with Crippen LogP contribution in [0.25, 0.3) is 11.3 Å². The molecule has 114 valence electrons. The smallest absolute Gasteiger partial charge is 0.269 e. The molecule has 8 heteroatoms. The number of nitro groups is 1. The Morgan fingerprint density at radius 2 is 1.95 bits per heavy atom. The van der Waals surface area contributed by atoms with Crippen LogP contribution in [0, 0.1) is 10.1 Å². The van der Waals surface area contributed by atoms with Gasteiger partial charge in [-0.2, -0.15) is 16.9 Å². The lowest BCUT2D eigenvalue weighted by Crippen LogP contribution is -2.37. The Morgan fingerprint density at radius 3 is 2.59 bits per heavy atom. The average molecular weight is 318 g/mol. The van der Waals surface area contributed by atoms with Crippen molar-refractivity contribution in [1.82, 2.24) is 15.1 Å². The highest BCUT2D eigenvalue weighted by atomic mass is 32.2. The summed E-state index contributed by atoms with van der Waals surface area (Å²) < 4.78 is 0. The summed E-state index contributed by atoms with van der Waals surface area (Å²) in [6, 6.07) is 6.08. The maximum atomic E-state index is 12.6. The van der Waals surface area contributed by atoms with Gasteiger partial charge in [0.15, 0.2) is 0 Å². The zero-order valence-electron chi connectivity index (χ0n) is 11.7. The van der Waals surface area contributed by atoms with Gasteiger partial charge in [0, 0.05) is 42.3 Å². The van der Waals surface area contributed by atoms with Gasteiger partial charge in [0.1, 0.15) is 0 Å². The van der Waals surface area contributed by atoms with Gasteiger partial charge >= 0.3 is 0 Å². The third kappa shape index (κ3) is 2.82. The van der Waals surface area contributed by atoms with Gasteiger partial charge in [-0.3, -0.25) is 20.0 Å². The highest BCUT2D eigenvalue weighted by Crippen LogP contribution is 2.25. The molecule has 1 aliphatic heterocycles. The highest BCUT2D eigenvalue weighted by molar-refractivity contribution is 7.99. The third-order valence-electron chi connectivity index (χ3n) is 3.53. The number of aromatic amines is 1. The molecule has 0 unspecified atom stereocenters. The first kappa shape index (κ1) is 14.6. The van der Waals surface area contributed by atoms with Gasteiger partial charge in [-0.05, 0) is 12.1 Å². The summed E-state index contributed by atoms with van der Waals surface area (Å²) in [6.07, 6.45) is 1.51. The van der Waals surface area contributed by atoms with Gasteiger partial charge in [-0.1, -0.05) is 0 Å². The van der Waals surface area contributed by atoms with Crippen molar-refractivity contribution in [2.75, 3.05) is 24.6 Å². The lowest BCUT2D eigenvalue weighted by Gasteiger charge is -2.26. The first-order valence-corrected chi connectivity index (χ1v) is 7.97. The fourth-order valence-electron chi connectivity index (χ4n) is 2.35. The number of benzene rings is 1. The van der Waals surface area contributed by atoms with Gasteiger partial charge in [0.25, 0.3) is 11.6 Å². The standard InChI is InChI=1S/C14H14N4O3S/c19-14(17-5-7-22-8-6-17)12-9-15-16-13(12)10-1-3-11(4-2-10)18(20)21/h1-4,9H,5-8H2,(H,15,16). The third-order valence-corrected chi connectivity index (χ3v) is 4.48. The van der Waals surface area contributed by atoms with Gasteiger partial charge in [0.2, 0.25) is 0 Å². The number of carbonyl (C=O) groups excluding carboxylic acids is 1. The van der Waals surface area contributed by atoms with Crippen molar-refractivity contribution in [3.05, 3.63) is 46.1 Å². The van der Waals surface area contributed by atoms with Gasteiger partial charge < -0.3 is 4.90 Å². The number of hydrogen-bond donors (Lipinski definition) is 1. The second-order valence-corrected chi connectivity index (χ2v) is 6.09. The molecule has 1 fully saturated rings. The minimum absolute atomic E-state index is 0.0178. The summed E-state index contributed by atoms with van der Waals surface area (Å²) in [4.78, 5) is 24.6. The lowest BCUT2D eigenvalue weighted by atomic mass is 10.1. The fourth-order valence-corrected chi connectivity index (χ4v) is 3.26. The van der Waals surface area contributed by atoms with E-state index in [-0.39, 0.29) is 11.6 Å². The molecule has 0 bridgehead atoms. The Hall–Kier alpha value is -2.35. The van der Waals surface area contributed by atoms with Gasteiger partial charge in [-0.25, -0.2) is 0 Å². The normalized spacial score (nSPS) is 14.8. The molecular weight excluding hydrogens is 304 g/mol. The molecule has 2 heterocycles. The molecule has 0 saturated carbocycles. The Morgan fingerprint density at radius 1 is 1.27 bits per heavy atom. The monoisotopic (exact) mass is 318 g/mol. The molecule has 7 nitrogen and oxygen atoms in total. The van der Waals surface area contributed by atoms with Crippen LogP contribution in [0.5, 0.6) is 0 Å². The number of non-ortho nitro benzene ring substituents is 1. The first-order chi connectivity index (χ1) is 10.7. The molecule has 3 rings (SSSR count).